The summed E-state index contributed by atoms with van der Waals surface area (Å²) in [5, 5.41) is 3.55. The van der Waals surface area contributed by atoms with Crippen LogP contribution in [0.25, 0.3) is 0 Å². The van der Waals surface area contributed by atoms with Gasteiger partial charge in [-0.3, -0.25) is 0 Å². The largest absolute Gasteiger partial charge is 0.363 e. The third-order valence-electron chi connectivity index (χ3n) is 6.07. The van der Waals surface area contributed by atoms with Crippen molar-refractivity contribution >= 4 is 11.9 Å². The summed E-state index contributed by atoms with van der Waals surface area (Å²) in [6.45, 7) is 16.6. The van der Waals surface area contributed by atoms with Crippen LogP contribution in [0.4, 0.5) is 0 Å². The highest BCUT2D eigenvalue weighted by atomic mass is 16.7. The van der Waals surface area contributed by atoms with E-state index in [1.165, 1.54) is 0 Å². The van der Waals surface area contributed by atoms with Crippen LogP contribution in [-0.2, 0) is 19.3 Å². The third kappa shape index (κ3) is 5.15. The molecule has 0 saturated carbocycles. The molecule has 0 N–H and O–H groups in total. The number of piperidine rings is 2. The summed E-state index contributed by atoms with van der Waals surface area (Å²) in [5.41, 5.74) is -0.970. The fraction of sp³-hybridized carbons (Fsp3) is 0.818. The molecule has 0 atom stereocenters. The molecule has 28 heavy (non-hydrogen) atoms. The van der Waals surface area contributed by atoms with E-state index >= 15 is 0 Å². The van der Waals surface area contributed by atoms with E-state index < -0.39 is 11.9 Å². The van der Waals surface area contributed by atoms with Gasteiger partial charge >= 0.3 is 11.9 Å². The van der Waals surface area contributed by atoms with Gasteiger partial charge in [0.05, 0.1) is 22.2 Å². The zero-order valence-electron chi connectivity index (χ0n) is 18.9. The summed E-state index contributed by atoms with van der Waals surface area (Å²) in [7, 11) is 0. The molecule has 2 aliphatic heterocycles. The minimum Gasteiger partial charge on any atom is -0.363 e. The topological polar surface area (TPSA) is 59.1 Å². The number of carbonyl (C=O) groups is 2. The van der Waals surface area contributed by atoms with Gasteiger partial charge in [0, 0.05) is 12.2 Å². The first-order chi connectivity index (χ1) is 12.7. The van der Waals surface area contributed by atoms with Crippen molar-refractivity contribution in [3.05, 3.63) is 12.2 Å². The lowest BCUT2D eigenvalue weighted by atomic mass is 9.82. The molecule has 6 nitrogen and oxygen atoms in total. The molecule has 0 bridgehead atoms. The van der Waals surface area contributed by atoms with Crippen molar-refractivity contribution in [2.24, 2.45) is 0 Å². The van der Waals surface area contributed by atoms with Gasteiger partial charge in [-0.2, -0.15) is 0 Å². The van der Waals surface area contributed by atoms with Crippen LogP contribution in [0.2, 0.25) is 0 Å². The molecule has 0 amide bonds. The molecule has 2 heterocycles. The van der Waals surface area contributed by atoms with Crippen LogP contribution in [0, 0.1) is 0 Å². The molecular weight excluding hydrogens is 356 g/mol. The summed E-state index contributed by atoms with van der Waals surface area (Å²) >= 11 is 0. The Morgan fingerprint density at radius 2 is 0.857 bits per heavy atom. The van der Waals surface area contributed by atoms with E-state index in [-0.39, 0.29) is 22.2 Å². The zero-order valence-corrected chi connectivity index (χ0v) is 18.9. The van der Waals surface area contributed by atoms with Gasteiger partial charge in [0.1, 0.15) is 0 Å². The van der Waals surface area contributed by atoms with Crippen LogP contribution in [0.15, 0.2) is 12.2 Å². The molecule has 0 unspecified atom stereocenters. The second kappa shape index (κ2) is 7.79. The number of hydrogen-bond acceptors (Lipinski definition) is 6. The predicted molar refractivity (Wildman–Crippen MR) is 109 cm³/mol. The van der Waals surface area contributed by atoms with Crippen molar-refractivity contribution in [3.63, 3.8) is 0 Å². The molecule has 0 radical (unpaired) electrons. The SMILES string of the molecule is CC1(C)CCCC(C)(C)N1OC(=O)C=CC(=O)ON1C(C)(C)CCCC1(C)C. The molecule has 0 aromatic heterocycles. The van der Waals surface area contributed by atoms with E-state index in [0.29, 0.717) is 0 Å². The molecule has 0 aromatic rings. The van der Waals surface area contributed by atoms with Crippen molar-refractivity contribution in [2.45, 2.75) is 116 Å². The van der Waals surface area contributed by atoms with Gasteiger partial charge in [-0.1, -0.05) is 0 Å². The number of nitrogens with zero attached hydrogens (tertiary/aromatic N) is 2. The smallest absolute Gasteiger partial charge is 0.349 e. The summed E-state index contributed by atoms with van der Waals surface area (Å²) in [6.07, 6.45) is 8.32. The normalized spacial score (nSPS) is 26.7. The first kappa shape index (κ1) is 22.9. The van der Waals surface area contributed by atoms with Crippen LogP contribution >= 0.6 is 0 Å². The van der Waals surface area contributed by atoms with Gasteiger partial charge in [-0.15, -0.1) is 10.1 Å². The number of rotatable bonds is 4. The molecular formula is C22H38N2O4. The van der Waals surface area contributed by atoms with E-state index in [0.717, 1.165) is 50.7 Å². The van der Waals surface area contributed by atoms with E-state index in [4.69, 9.17) is 9.68 Å². The molecule has 6 heteroatoms. The van der Waals surface area contributed by atoms with Crippen LogP contribution in [0.3, 0.4) is 0 Å². The van der Waals surface area contributed by atoms with Gasteiger partial charge in [0.25, 0.3) is 0 Å². The highest BCUT2D eigenvalue weighted by molar-refractivity contribution is 5.91. The minimum atomic E-state index is -0.558. The van der Waals surface area contributed by atoms with Crippen molar-refractivity contribution in [2.75, 3.05) is 0 Å². The highest BCUT2D eigenvalue weighted by Crippen LogP contribution is 2.39. The second-order valence-electron chi connectivity index (χ2n) is 10.7. The highest BCUT2D eigenvalue weighted by Gasteiger charge is 2.45. The van der Waals surface area contributed by atoms with E-state index in [1.54, 1.807) is 10.1 Å². The van der Waals surface area contributed by atoms with E-state index in [1.807, 2.05) is 0 Å². The number of hydrogen-bond donors (Lipinski definition) is 0. The molecule has 0 aliphatic carbocycles. The molecule has 2 rings (SSSR count). The van der Waals surface area contributed by atoms with Gasteiger partial charge in [-0.05, 0) is 93.9 Å². The first-order valence-corrected chi connectivity index (χ1v) is 10.4. The van der Waals surface area contributed by atoms with E-state index in [9.17, 15) is 9.59 Å². The Morgan fingerprint density at radius 1 is 0.607 bits per heavy atom. The van der Waals surface area contributed by atoms with Crippen molar-refractivity contribution < 1.29 is 19.3 Å². The Balaban J connectivity index is 2.00. The fourth-order valence-electron chi connectivity index (χ4n) is 4.82. The Morgan fingerprint density at radius 3 is 1.11 bits per heavy atom. The molecule has 160 valence electrons. The third-order valence-corrected chi connectivity index (χ3v) is 6.07. The van der Waals surface area contributed by atoms with Crippen LogP contribution in [-0.4, -0.2) is 44.2 Å². The monoisotopic (exact) mass is 394 g/mol. The summed E-state index contributed by atoms with van der Waals surface area (Å²) < 4.78 is 0. The maximum atomic E-state index is 12.4. The summed E-state index contributed by atoms with van der Waals surface area (Å²) in [6, 6.07) is 0. The Labute approximate surface area is 170 Å². The Hall–Kier alpha value is -1.40. The van der Waals surface area contributed by atoms with Gasteiger partial charge in [0.15, 0.2) is 0 Å². The van der Waals surface area contributed by atoms with Gasteiger partial charge in [0.2, 0.25) is 0 Å². The quantitative estimate of drug-likeness (QED) is 0.652. The molecule has 0 spiro atoms. The number of carbonyl (C=O) groups excluding carboxylic acids is 2. The average molecular weight is 395 g/mol. The van der Waals surface area contributed by atoms with Gasteiger partial charge in [-0.25, -0.2) is 9.59 Å². The lowest BCUT2D eigenvalue weighted by Crippen LogP contribution is -2.59. The molecule has 2 saturated heterocycles. The second-order valence-corrected chi connectivity index (χ2v) is 10.7. The Bertz CT molecular complexity index is 548. The van der Waals surface area contributed by atoms with Crippen molar-refractivity contribution in [3.8, 4) is 0 Å². The first-order valence-electron chi connectivity index (χ1n) is 10.4. The molecule has 2 fully saturated rings. The molecule has 0 aromatic carbocycles. The van der Waals surface area contributed by atoms with Crippen LogP contribution in [0.5, 0.6) is 0 Å². The average Bonchev–Trinajstić information content (AvgIpc) is 2.52. The zero-order chi connectivity index (χ0) is 21.4. The minimum absolute atomic E-state index is 0.242. The predicted octanol–water partition coefficient (Wildman–Crippen LogP) is 4.55. The lowest BCUT2D eigenvalue weighted by Gasteiger charge is -2.50. The van der Waals surface area contributed by atoms with Crippen LogP contribution < -0.4 is 0 Å². The fourth-order valence-corrected chi connectivity index (χ4v) is 4.82. The lowest BCUT2D eigenvalue weighted by molar-refractivity contribution is -0.263. The van der Waals surface area contributed by atoms with E-state index in [2.05, 4.69) is 55.4 Å². The van der Waals surface area contributed by atoms with Crippen molar-refractivity contribution in [1.82, 2.24) is 10.1 Å². The summed E-state index contributed by atoms with van der Waals surface area (Å²) in [4.78, 5) is 36.0. The number of hydroxylamine groups is 4. The van der Waals surface area contributed by atoms with Gasteiger partial charge < -0.3 is 9.68 Å². The maximum absolute atomic E-state index is 12.4. The summed E-state index contributed by atoms with van der Waals surface area (Å²) in [5.74, 6) is -1.12. The maximum Gasteiger partial charge on any atom is 0.349 e. The van der Waals surface area contributed by atoms with Crippen LogP contribution in [0.1, 0.15) is 93.9 Å². The Kier molecular flexibility index (Phi) is 6.37. The van der Waals surface area contributed by atoms with Crippen molar-refractivity contribution in [1.29, 1.82) is 0 Å². The molecule has 2 aliphatic rings. The standard InChI is InChI=1S/C22H38N2O4/c1-19(2)13-9-14-20(3,4)23(19)27-17(25)11-12-18(26)28-24-21(5,6)15-10-16-22(24,7)8/h11-12H,9-10,13-16H2,1-8H3.